The van der Waals surface area contributed by atoms with E-state index in [0.29, 0.717) is 45.2 Å². The summed E-state index contributed by atoms with van der Waals surface area (Å²) in [5, 5.41) is 16.1. The summed E-state index contributed by atoms with van der Waals surface area (Å²) in [7, 11) is 2.83. The van der Waals surface area contributed by atoms with Crippen molar-refractivity contribution < 1.29 is 43.0 Å². The van der Waals surface area contributed by atoms with E-state index in [1.807, 2.05) is 0 Å². The van der Waals surface area contributed by atoms with Gasteiger partial charge in [0.2, 0.25) is 17.7 Å². The summed E-state index contributed by atoms with van der Waals surface area (Å²) in [5.41, 5.74) is -1.22. The van der Waals surface area contributed by atoms with Crippen LogP contribution < -0.4 is 31.9 Å². The van der Waals surface area contributed by atoms with Crippen LogP contribution in [0.5, 0.6) is 0 Å². The summed E-state index contributed by atoms with van der Waals surface area (Å²) >= 11 is 0. The summed E-state index contributed by atoms with van der Waals surface area (Å²) in [5.74, 6) is -2.21. The average molecular weight is 645 g/mol. The van der Waals surface area contributed by atoms with Crippen molar-refractivity contribution in [2.75, 3.05) is 27.2 Å². The van der Waals surface area contributed by atoms with Gasteiger partial charge in [-0.1, -0.05) is 0 Å². The van der Waals surface area contributed by atoms with Crippen LogP contribution in [0, 0.1) is 0 Å². The van der Waals surface area contributed by atoms with Crippen LogP contribution in [0.3, 0.4) is 0 Å². The van der Waals surface area contributed by atoms with Crippen LogP contribution in [0.4, 0.5) is 9.59 Å². The molecule has 1 unspecified atom stereocenters. The number of carbonyl (C=O) groups excluding carboxylic acids is 6. The van der Waals surface area contributed by atoms with E-state index >= 15 is 0 Å². The number of hydrogen-bond acceptors (Lipinski definition) is 10. The van der Waals surface area contributed by atoms with E-state index in [0.717, 1.165) is 0 Å². The highest BCUT2D eigenvalue weighted by atomic mass is 16.6. The Balaban J connectivity index is 5.00. The molecule has 5 amide bonds. The molecule has 0 heterocycles. The molecule has 260 valence electrons. The third-order valence-electron chi connectivity index (χ3n) is 6.14. The van der Waals surface area contributed by atoms with Crippen molar-refractivity contribution in [1.82, 2.24) is 31.9 Å². The van der Waals surface area contributed by atoms with Gasteiger partial charge in [-0.3, -0.25) is 14.4 Å². The van der Waals surface area contributed by atoms with Crippen molar-refractivity contribution in [3.05, 3.63) is 0 Å². The summed E-state index contributed by atoms with van der Waals surface area (Å²) in [6.45, 7) is 14.2. The van der Waals surface area contributed by atoms with Crippen molar-refractivity contribution in [3.63, 3.8) is 0 Å². The molecule has 0 aliphatic rings. The lowest BCUT2D eigenvalue weighted by atomic mass is 10.1. The lowest BCUT2D eigenvalue weighted by Crippen LogP contribution is -2.56. The maximum Gasteiger partial charge on any atom is 0.407 e. The molecule has 0 aromatic carbocycles. The van der Waals surface area contributed by atoms with Gasteiger partial charge in [-0.2, -0.15) is 0 Å². The Kier molecular flexibility index (Phi) is 18.8. The number of nitrogens with one attached hydrogen (secondary N) is 6. The van der Waals surface area contributed by atoms with Gasteiger partial charge in [0, 0.05) is 13.1 Å². The topological polar surface area (TPSA) is 202 Å². The van der Waals surface area contributed by atoms with Crippen LogP contribution in [0.1, 0.15) is 93.9 Å². The van der Waals surface area contributed by atoms with E-state index < -0.39 is 71.2 Å². The molecule has 0 aliphatic carbocycles. The predicted octanol–water partition coefficient (Wildman–Crippen LogP) is 1.63. The minimum Gasteiger partial charge on any atom is -0.467 e. The number of ether oxygens (including phenoxy) is 3. The molecule has 0 saturated carbocycles. The molecule has 0 fully saturated rings. The van der Waals surface area contributed by atoms with Gasteiger partial charge in [0.25, 0.3) is 0 Å². The van der Waals surface area contributed by atoms with E-state index in [1.54, 1.807) is 48.6 Å². The molecule has 0 radical (unpaired) electrons. The molecule has 15 heteroatoms. The van der Waals surface area contributed by atoms with Crippen molar-refractivity contribution in [1.29, 1.82) is 0 Å². The predicted molar refractivity (Wildman–Crippen MR) is 168 cm³/mol. The van der Waals surface area contributed by atoms with Gasteiger partial charge in [-0.05, 0) is 101 Å². The summed E-state index contributed by atoms with van der Waals surface area (Å²) in [6, 6.07) is -3.50. The molecule has 0 aromatic rings. The standard InChI is InChI=1S/C30H56N6O9/c1-19(34-24(38)21(31-9)15-11-13-17-32-27(41)44-29(3,4)5)23(37)36-22(25(39)35-20(2)26(40)43-10)16-12-14-18-33-28(42)45-30(6,7)8/h19-22,31H,11-18H2,1-10H3,(H,32,41)(H,33,42)(H,34,38)(H,35,39)(H,36,37)/t19-,20-,21+,22?/m1/s1. The highest BCUT2D eigenvalue weighted by Gasteiger charge is 2.28. The lowest BCUT2D eigenvalue weighted by Gasteiger charge is -2.24. The monoisotopic (exact) mass is 644 g/mol. The molecule has 0 bridgehead atoms. The quantitative estimate of drug-likeness (QED) is 0.0723. The number of unbranched alkanes of at least 4 members (excludes halogenated alkanes) is 2. The first kappa shape index (κ1) is 41.4. The maximum absolute atomic E-state index is 13.0. The van der Waals surface area contributed by atoms with Gasteiger partial charge in [0.1, 0.15) is 29.3 Å². The molecule has 0 aliphatic heterocycles. The van der Waals surface area contributed by atoms with Gasteiger partial charge in [-0.25, -0.2) is 14.4 Å². The highest BCUT2D eigenvalue weighted by Crippen LogP contribution is 2.09. The molecule has 45 heavy (non-hydrogen) atoms. The molecule has 0 saturated heterocycles. The van der Waals surface area contributed by atoms with Crippen LogP contribution in [-0.2, 0) is 33.4 Å². The fourth-order valence-electron chi connectivity index (χ4n) is 3.86. The Morgan fingerprint density at radius 1 is 0.600 bits per heavy atom. The maximum atomic E-state index is 13.0. The minimum atomic E-state index is -1.01. The van der Waals surface area contributed by atoms with Crippen LogP contribution in [-0.4, -0.2) is 98.5 Å². The number of carbonyl (C=O) groups is 6. The van der Waals surface area contributed by atoms with Gasteiger partial charge >= 0.3 is 18.2 Å². The number of alkyl carbamates (subject to hydrolysis) is 2. The Hall–Kier alpha value is -3.62. The number of esters is 1. The van der Waals surface area contributed by atoms with Crippen LogP contribution in [0.15, 0.2) is 0 Å². The van der Waals surface area contributed by atoms with E-state index in [9.17, 15) is 28.8 Å². The zero-order chi connectivity index (χ0) is 34.8. The summed E-state index contributed by atoms with van der Waals surface area (Å²) in [6.07, 6.45) is 1.79. The minimum absolute atomic E-state index is 0.207. The zero-order valence-electron chi connectivity index (χ0n) is 28.6. The molecule has 0 rings (SSSR count). The van der Waals surface area contributed by atoms with Gasteiger partial charge < -0.3 is 46.1 Å². The molecular weight excluding hydrogens is 588 g/mol. The van der Waals surface area contributed by atoms with E-state index in [4.69, 9.17) is 9.47 Å². The second-order valence-electron chi connectivity index (χ2n) is 12.7. The molecule has 0 spiro atoms. The SMILES string of the molecule is CN[C@@H](CCCCNC(=O)OC(C)(C)C)C(=O)N[C@H](C)C(=O)NC(CCCCNC(=O)OC(C)(C)C)C(=O)N[C@H](C)C(=O)OC. The molecule has 15 nitrogen and oxygen atoms in total. The number of likely N-dealkylation sites (N-methyl/N-ethyl adjacent to an activating group) is 1. The van der Waals surface area contributed by atoms with E-state index in [2.05, 4.69) is 36.6 Å². The Labute approximate surface area is 267 Å². The summed E-state index contributed by atoms with van der Waals surface area (Å²) < 4.78 is 15.0. The Morgan fingerprint density at radius 2 is 1.02 bits per heavy atom. The van der Waals surface area contributed by atoms with Gasteiger partial charge in [0.05, 0.1) is 13.2 Å². The lowest BCUT2D eigenvalue weighted by molar-refractivity contribution is -0.145. The van der Waals surface area contributed by atoms with Crippen LogP contribution in [0.25, 0.3) is 0 Å². The average Bonchev–Trinajstić information content (AvgIpc) is 2.91. The Bertz CT molecular complexity index is 978. The first-order valence-corrected chi connectivity index (χ1v) is 15.4. The fraction of sp³-hybridized carbons (Fsp3) is 0.800. The number of hydrogen-bond donors (Lipinski definition) is 6. The third-order valence-corrected chi connectivity index (χ3v) is 6.14. The molecule has 6 N–H and O–H groups in total. The first-order chi connectivity index (χ1) is 20.8. The van der Waals surface area contributed by atoms with E-state index in [-0.39, 0.29) is 6.42 Å². The van der Waals surface area contributed by atoms with Crippen molar-refractivity contribution >= 4 is 35.9 Å². The Morgan fingerprint density at radius 3 is 1.44 bits per heavy atom. The zero-order valence-corrected chi connectivity index (χ0v) is 28.6. The fourth-order valence-corrected chi connectivity index (χ4v) is 3.86. The second-order valence-corrected chi connectivity index (χ2v) is 12.7. The first-order valence-electron chi connectivity index (χ1n) is 15.4. The smallest absolute Gasteiger partial charge is 0.407 e. The van der Waals surface area contributed by atoms with E-state index in [1.165, 1.54) is 21.0 Å². The van der Waals surface area contributed by atoms with Crippen molar-refractivity contribution in [3.8, 4) is 0 Å². The van der Waals surface area contributed by atoms with Gasteiger partial charge in [-0.15, -0.1) is 0 Å². The second kappa shape index (κ2) is 20.4. The molecule has 0 aromatic heterocycles. The van der Waals surface area contributed by atoms with Gasteiger partial charge in [0.15, 0.2) is 0 Å². The summed E-state index contributed by atoms with van der Waals surface area (Å²) in [4.78, 5) is 74.3. The highest BCUT2D eigenvalue weighted by molar-refractivity contribution is 5.94. The van der Waals surface area contributed by atoms with Crippen molar-refractivity contribution in [2.24, 2.45) is 0 Å². The largest absolute Gasteiger partial charge is 0.467 e. The molecule has 4 atom stereocenters. The van der Waals surface area contributed by atoms with Crippen molar-refractivity contribution in [2.45, 2.75) is 129 Å². The number of amides is 5. The number of rotatable bonds is 18. The third kappa shape index (κ3) is 20.1. The van der Waals surface area contributed by atoms with Crippen LogP contribution in [0.2, 0.25) is 0 Å². The molecular formula is C30H56N6O9. The number of methoxy groups -OCH3 is 1. The van der Waals surface area contributed by atoms with Crippen LogP contribution >= 0.6 is 0 Å². The normalized spacial score (nSPS) is 14.1.